The van der Waals surface area contributed by atoms with E-state index in [1.54, 1.807) is 18.3 Å². The van der Waals surface area contributed by atoms with Crippen LogP contribution in [0.1, 0.15) is 5.76 Å². The number of nitriles is 1. The summed E-state index contributed by atoms with van der Waals surface area (Å²) in [6.45, 7) is -0.283. The van der Waals surface area contributed by atoms with Gasteiger partial charge in [-0.3, -0.25) is 20.4 Å². The van der Waals surface area contributed by atoms with Gasteiger partial charge in [0.15, 0.2) is 17.8 Å². The van der Waals surface area contributed by atoms with Crippen molar-refractivity contribution >= 4 is 5.84 Å². The van der Waals surface area contributed by atoms with Crippen molar-refractivity contribution in [2.24, 2.45) is 4.99 Å². The summed E-state index contributed by atoms with van der Waals surface area (Å²) >= 11 is 0. The summed E-state index contributed by atoms with van der Waals surface area (Å²) < 4.78 is 4.99. The minimum atomic E-state index is -0.477. The summed E-state index contributed by atoms with van der Waals surface area (Å²) in [6, 6.07) is 3.24. The molecule has 1 heterocycles. The highest BCUT2D eigenvalue weighted by molar-refractivity contribution is 5.97. The second-order valence-electron chi connectivity index (χ2n) is 2.50. The summed E-state index contributed by atoms with van der Waals surface area (Å²) in [4.78, 5) is 13.4. The molecule has 0 radical (unpaired) electrons. The molecule has 1 aromatic heterocycles. The van der Waals surface area contributed by atoms with Crippen LogP contribution in [0.2, 0.25) is 0 Å². The molecule has 0 aliphatic carbocycles. The van der Waals surface area contributed by atoms with Crippen molar-refractivity contribution in [2.75, 3.05) is 13.1 Å². The van der Waals surface area contributed by atoms with Crippen LogP contribution < -0.4 is 5.32 Å². The van der Waals surface area contributed by atoms with Crippen molar-refractivity contribution in [1.29, 1.82) is 5.26 Å². The van der Waals surface area contributed by atoms with Gasteiger partial charge in [-0.2, -0.15) is 5.26 Å². The standard InChI is InChI=1S/C8H8N4O3/c9-6-11-8(7-2-1-5-15-7)10-3-4-12(13)14/h1-2,5H,3-4H2,(H,10,11). The lowest BCUT2D eigenvalue weighted by Gasteiger charge is -1.98. The summed E-state index contributed by atoms with van der Waals surface area (Å²) in [5, 5.41) is 20.8. The van der Waals surface area contributed by atoms with Gasteiger partial charge >= 0.3 is 0 Å². The minimum Gasteiger partial charge on any atom is -0.461 e. The number of nitro groups is 1. The Kier molecular flexibility index (Phi) is 3.85. The molecule has 7 heteroatoms. The molecule has 0 atom stereocenters. The third kappa shape index (κ3) is 3.48. The molecule has 15 heavy (non-hydrogen) atoms. The number of nitrogens with one attached hydrogen (secondary N) is 1. The molecule has 0 saturated carbocycles. The van der Waals surface area contributed by atoms with Crippen molar-refractivity contribution in [3.63, 3.8) is 0 Å². The van der Waals surface area contributed by atoms with Crippen molar-refractivity contribution in [3.8, 4) is 6.19 Å². The fourth-order valence-electron chi connectivity index (χ4n) is 0.889. The molecular formula is C8H8N4O3. The Balaban J connectivity index is 2.66. The van der Waals surface area contributed by atoms with Crippen LogP contribution in [0.5, 0.6) is 0 Å². The van der Waals surface area contributed by atoms with E-state index in [1.165, 1.54) is 6.26 Å². The first-order valence-corrected chi connectivity index (χ1v) is 4.09. The molecule has 0 saturated heterocycles. The zero-order chi connectivity index (χ0) is 11.1. The highest BCUT2D eigenvalue weighted by Gasteiger charge is 2.05. The Hall–Kier alpha value is -2.36. The average molecular weight is 208 g/mol. The van der Waals surface area contributed by atoms with Gasteiger partial charge in [0.25, 0.3) is 0 Å². The van der Waals surface area contributed by atoms with E-state index in [9.17, 15) is 10.1 Å². The average Bonchev–Trinajstić information content (AvgIpc) is 2.68. The molecular weight excluding hydrogens is 200 g/mol. The molecule has 1 N–H and O–H groups in total. The fourth-order valence-corrected chi connectivity index (χ4v) is 0.889. The Morgan fingerprint density at radius 1 is 1.80 bits per heavy atom. The van der Waals surface area contributed by atoms with Crippen LogP contribution in [0.25, 0.3) is 0 Å². The van der Waals surface area contributed by atoms with E-state index in [0.29, 0.717) is 5.76 Å². The molecule has 1 rings (SSSR count). The second-order valence-corrected chi connectivity index (χ2v) is 2.50. The molecule has 0 aliphatic heterocycles. The van der Waals surface area contributed by atoms with E-state index in [4.69, 9.17) is 9.68 Å². The number of aliphatic imine (C=N–C) groups is 1. The van der Waals surface area contributed by atoms with Gasteiger partial charge < -0.3 is 4.42 Å². The van der Waals surface area contributed by atoms with Crippen LogP contribution in [0.4, 0.5) is 0 Å². The third-order valence-corrected chi connectivity index (χ3v) is 1.48. The van der Waals surface area contributed by atoms with Crippen molar-refractivity contribution in [1.82, 2.24) is 5.32 Å². The number of nitrogens with zero attached hydrogens (tertiary/aromatic N) is 3. The highest BCUT2D eigenvalue weighted by atomic mass is 16.6. The topological polar surface area (TPSA) is 104 Å². The van der Waals surface area contributed by atoms with Gasteiger partial charge in [-0.1, -0.05) is 0 Å². The Labute approximate surface area is 85.2 Å². The minimum absolute atomic E-state index is 0.00227. The van der Waals surface area contributed by atoms with Crippen LogP contribution in [0.3, 0.4) is 0 Å². The lowest BCUT2D eigenvalue weighted by molar-refractivity contribution is -0.476. The summed E-state index contributed by atoms with van der Waals surface area (Å²) in [5.74, 6) is 0.573. The Bertz CT molecular complexity index is 391. The lowest BCUT2D eigenvalue weighted by Crippen LogP contribution is -2.20. The van der Waals surface area contributed by atoms with Crippen molar-refractivity contribution in [2.45, 2.75) is 0 Å². The predicted molar refractivity (Wildman–Crippen MR) is 50.7 cm³/mol. The first-order valence-electron chi connectivity index (χ1n) is 4.09. The largest absolute Gasteiger partial charge is 0.461 e. The van der Waals surface area contributed by atoms with Gasteiger partial charge in [0.1, 0.15) is 6.54 Å². The molecule has 0 aromatic carbocycles. The van der Waals surface area contributed by atoms with Crippen LogP contribution >= 0.6 is 0 Å². The fraction of sp³-hybridized carbons (Fsp3) is 0.250. The summed E-state index contributed by atoms with van der Waals surface area (Å²) in [5.41, 5.74) is 0. The van der Waals surface area contributed by atoms with Crippen LogP contribution in [-0.2, 0) is 0 Å². The van der Waals surface area contributed by atoms with Crippen LogP contribution in [0.15, 0.2) is 27.8 Å². The van der Waals surface area contributed by atoms with Crippen LogP contribution in [-0.4, -0.2) is 23.8 Å². The zero-order valence-electron chi connectivity index (χ0n) is 7.71. The van der Waals surface area contributed by atoms with Gasteiger partial charge in [-0.25, -0.2) is 0 Å². The van der Waals surface area contributed by atoms with Crippen molar-refractivity contribution in [3.05, 3.63) is 34.3 Å². The van der Waals surface area contributed by atoms with Gasteiger partial charge in [-0.05, 0) is 12.1 Å². The maximum absolute atomic E-state index is 10.1. The van der Waals surface area contributed by atoms with Gasteiger partial charge in [0.2, 0.25) is 6.54 Å². The second kappa shape index (κ2) is 5.39. The smallest absolute Gasteiger partial charge is 0.223 e. The molecule has 0 aliphatic rings. The number of amidine groups is 1. The molecule has 0 fully saturated rings. The molecule has 78 valence electrons. The lowest BCUT2D eigenvalue weighted by atomic mass is 10.4. The maximum Gasteiger partial charge on any atom is 0.223 e. The maximum atomic E-state index is 10.1. The number of rotatable bonds is 4. The van der Waals surface area contributed by atoms with Gasteiger partial charge in [0.05, 0.1) is 6.26 Å². The Morgan fingerprint density at radius 2 is 2.60 bits per heavy atom. The highest BCUT2D eigenvalue weighted by Crippen LogP contribution is 2.00. The monoisotopic (exact) mass is 208 g/mol. The van der Waals surface area contributed by atoms with E-state index in [2.05, 4.69) is 10.3 Å². The predicted octanol–water partition coefficient (Wildman–Crippen LogP) is 0.374. The van der Waals surface area contributed by atoms with E-state index >= 15 is 0 Å². The molecule has 1 aromatic rings. The first kappa shape index (κ1) is 10.7. The van der Waals surface area contributed by atoms with Crippen LogP contribution in [0, 0.1) is 21.6 Å². The van der Waals surface area contributed by atoms with E-state index in [1.807, 2.05) is 0 Å². The van der Waals surface area contributed by atoms with Gasteiger partial charge in [-0.15, -0.1) is 0 Å². The number of hydrogen-bond acceptors (Lipinski definition) is 5. The molecule has 7 nitrogen and oxygen atoms in total. The quantitative estimate of drug-likeness (QED) is 0.192. The Morgan fingerprint density at radius 3 is 3.13 bits per heavy atom. The zero-order valence-corrected chi connectivity index (χ0v) is 7.71. The summed E-state index contributed by atoms with van der Waals surface area (Å²) in [6.07, 6.45) is 3.11. The number of furan rings is 1. The van der Waals surface area contributed by atoms with E-state index in [0.717, 1.165) is 0 Å². The molecule has 0 bridgehead atoms. The molecule has 0 spiro atoms. The molecule has 0 amide bonds. The SMILES string of the molecule is N#CNC(=NCC[N+](=O)[O-])c1ccco1. The summed E-state index contributed by atoms with van der Waals surface area (Å²) in [7, 11) is 0. The third-order valence-electron chi connectivity index (χ3n) is 1.48. The number of hydrogen-bond donors (Lipinski definition) is 1. The first-order chi connectivity index (χ1) is 7.24. The van der Waals surface area contributed by atoms with E-state index in [-0.39, 0.29) is 18.9 Å². The normalized spacial score (nSPS) is 10.7. The van der Waals surface area contributed by atoms with Crippen molar-refractivity contribution < 1.29 is 9.34 Å². The van der Waals surface area contributed by atoms with Gasteiger partial charge in [0, 0.05) is 4.92 Å². The van der Waals surface area contributed by atoms with E-state index < -0.39 is 4.92 Å². The molecule has 0 unspecified atom stereocenters.